The number of nitrogens with zero attached hydrogens (tertiary/aromatic N) is 1. The Morgan fingerprint density at radius 3 is 2.38 bits per heavy atom. The molecule has 0 atom stereocenters. The molecule has 108 valence electrons. The van der Waals surface area contributed by atoms with Gasteiger partial charge in [-0.05, 0) is 36.4 Å². The van der Waals surface area contributed by atoms with E-state index in [1.807, 2.05) is 0 Å². The number of methoxy groups -OCH3 is 1. The second-order valence-electron chi connectivity index (χ2n) is 4.04. The number of carboxylic acid groups (broad SMARTS) is 1. The van der Waals surface area contributed by atoms with Gasteiger partial charge in [0.15, 0.2) is 0 Å². The second kappa shape index (κ2) is 6.38. The lowest BCUT2D eigenvalue weighted by molar-refractivity contribution is 0.0690. The molecule has 0 radical (unpaired) electrons. The van der Waals surface area contributed by atoms with Crippen molar-refractivity contribution in [3.63, 3.8) is 0 Å². The first-order valence-corrected chi connectivity index (χ1v) is 6.00. The molecule has 21 heavy (non-hydrogen) atoms. The minimum Gasteiger partial charge on any atom is -0.497 e. The number of carbonyl (C=O) groups is 2. The molecule has 0 aliphatic heterocycles. The molecule has 0 saturated carbocycles. The third kappa shape index (κ3) is 3.93. The number of hydrogen-bond donors (Lipinski definition) is 3. The number of benzene rings is 1. The molecule has 0 aliphatic carbocycles. The monoisotopic (exact) mass is 287 g/mol. The van der Waals surface area contributed by atoms with Gasteiger partial charge in [-0.15, -0.1) is 0 Å². The molecule has 0 aliphatic rings. The number of aromatic carboxylic acids is 1. The Hall–Kier alpha value is -3.09. The Morgan fingerprint density at radius 2 is 1.76 bits per heavy atom. The van der Waals surface area contributed by atoms with Crippen LogP contribution in [-0.4, -0.2) is 29.2 Å². The van der Waals surface area contributed by atoms with Gasteiger partial charge in [0.25, 0.3) is 0 Å². The highest BCUT2D eigenvalue weighted by molar-refractivity contribution is 6.00. The molecule has 0 saturated heterocycles. The van der Waals surface area contributed by atoms with Gasteiger partial charge in [0.1, 0.15) is 11.4 Å². The van der Waals surface area contributed by atoms with E-state index in [2.05, 4.69) is 15.6 Å². The summed E-state index contributed by atoms with van der Waals surface area (Å²) in [6.45, 7) is 0. The standard InChI is InChI=1S/C14H13N3O4/c1-21-11-4-2-9(3-5-11)16-14(20)17-10-6-7-15-12(8-10)13(18)19/h2-8H,1H3,(H,18,19)(H2,15,16,17,20). The van der Waals surface area contributed by atoms with E-state index in [1.165, 1.54) is 18.3 Å². The van der Waals surface area contributed by atoms with Crippen molar-refractivity contribution in [2.45, 2.75) is 0 Å². The van der Waals surface area contributed by atoms with Crippen LogP contribution in [0.15, 0.2) is 42.6 Å². The molecule has 7 heteroatoms. The fraction of sp³-hybridized carbons (Fsp3) is 0.0714. The highest BCUT2D eigenvalue weighted by Crippen LogP contribution is 2.15. The normalized spacial score (nSPS) is 9.76. The maximum absolute atomic E-state index is 11.8. The summed E-state index contributed by atoms with van der Waals surface area (Å²) in [5.41, 5.74) is 0.784. The Labute approximate surface area is 120 Å². The lowest BCUT2D eigenvalue weighted by Gasteiger charge is -2.08. The van der Waals surface area contributed by atoms with Crippen LogP contribution in [0.1, 0.15) is 10.5 Å². The second-order valence-corrected chi connectivity index (χ2v) is 4.04. The number of carbonyl (C=O) groups excluding carboxylic acids is 1. The molecule has 0 unspecified atom stereocenters. The lowest BCUT2D eigenvalue weighted by Crippen LogP contribution is -2.19. The maximum Gasteiger partial charge on any atom is 0.354 e. The van der Waals surface area contributed by atoms with Crippen molar-refractivity contribution >= 4 is 23.4 Å². The van der Waals surface area contributed by atoms with E-state index in [4.69, 9.17) is 9.84 Å². The molecular formula is C14H13N3O4. The first-order valence-electron chi connectivity index (χ1n) is 6.00. The Morgan fingerprint density at radius 1 is 1.10 bits per heavy atom. The molecule has 3 N–H and O–H groups in total. The molecule has 1 aromatic carbocycles. The van der Waals surface area contributed by atoms with E-state index < -0.39 is 12.0 Å². The predicted octanol–water partition coefficient (Wildman–Crippen LogP) is 2.43. The number of anilines is 2. The van der Waals surface area contributed by atoms with E-state index in [1.54, 1.807) is 31.4 Å². The number of pyridine rings is 1. The van der Waals surface area contributed by atoms with Crippen molar-refractivity contribution in [1.82, 2.24) is 4.98 Å². The number of ether oxygens (including phenoxy) is 1. The zero-order chi connectivity index (χ0) is 15.2. The fourth-order valence-corrected chi connectivity index (χ4v) is 1.59. The van der Waals surface area contributed by atoms with E-state index in [-0.39, 0.29) is 5.69 Å². The van der Waals surface area contributed by atoms with Crippen LogP contribution in [-0.2, 0) is 0 Å². The largest absolute Gasteiger partial charge is 0.497 e. The van der Waals surface area contributed by atoms with E-state index in [0.29, 0.717) is 17.1 Å². The van der Waals surface area contributed by atoms with Crippen molar-refractivity contribution in [3.05, 3.63) is 48.3 Å². The van der Waals surface area contributed by atoms with Gasteiger partial charge in [-0.1, -0.05) is 0 Å². The van der Waals surface area contributed by atoms with Crippen molar-refractivity contribution in [2.24, 2.45) is 0 Å². The molecular weight excluding hydrogens is 274 g/mol. The van der Waals surface area contributed by atoms with Crippen molar-refractivity contribution < 1.29 is 19.4 Å². The topological polar surface area (TPSA) is 101 Å². The maximum atomic E-state index is 11.8. The van der Waals surface area contributed by atoms with E-state index in [9.17, 15) is 9.59 Å². The van der Waals surface area contributed by atoms with E-state index in [0.717, 1.165) is 0 Å². The highest BCUT2D eigenvalue weighted by Gasteiger charge is 2.07. The van der Waals surface area contributed by atoms with Crippen molar-refractivity contribution in [3.8, 4) is 5.75 Å². The summed E-state index contributed by atoms with van der Waals surface area (Å²) < 4.78 is 5.01. The first-order chi connectivity index (χ1) is 10.1. The van der Waals surface area contributed by atoms with E-state index >= 15 is 0 Å². The number of amides is 2. The quantitative estimate of drug-likeness (QED) is 0.801. The van der Waals surface area contributed by atoms with Gasteiger partial charge in [0.05, 0.1) is 7.11 Å². The summed E-state index contributed by atoms with van der Waals surface area (Å²) in [5, 5.41) is 14.0. The van der Waals surface area contributed by atoms with Crippen LogP contribution in [0.25, 0.3) is 0 Å². The lowest BCUT2D eigenvalue weighted by atomic mass is 10.3. The van der Waals surface area contributed by atoms with Crippen LogP contribution in [0.2, 0.25) is 0 Å². The van der Waals surface area contributed by atoms with Crippen molar-refractivity contribution in [2.75, 3.05) is 17.7 Å². The third-order valence-corrected chi connectivity index (χ3v) is 2.58. The number of hydrogen-bond acceptors (Lipinski definition) is 4. The summed E-state index contributed by atoms with van der Waals surface area (Å²) in [4.78, 5) is 26.2. The average molecular weight is 287 g/mol. The fourth-order valence-electron chi connectivity index (χ4n) is 1.59. The SMILES string of the molecule is COc1ccc(NC(=O)Nc2ccnc(C(=O)O)c2)cc1. The first kappa shape index (κ1) is 14.3. The molecule has 7 nitrogen and oxygen atoms in total. The molecule has 0 bridgehead atoms. The number of nitrogens with one attached hydrogen (secondary N) is 2. The minimum atomic E-state index is -1.16. The summed E-state index contributed by atoms with van der Waals surface area (Å²) in [6, 6.07) is 9.09. The molecule has 2 amide bonds. The zero-order valence-electron chi connectivity index (χ0n) is 11.2. The van der Waals surface area contributed by atoms with Crippen molar-refractivity contribution in [1.29, 1.82) is 0 Å². The number of rotatable bonds is 4. The Balaban J connectivity index is 2.00. The van der Waals surface area contributed by atoms with Gasteiger partial charge in [-0.3, -0.25) is 0 Å². The predicted molar refractivity (Wildman–Crippen MR) is 76.8 cm³/mol. The molecule has 1 heterocycles. The summed E-state index contributed by atoms with van der Waals surface area (Å²) in [6.07, 6.45) is 1.31. The Kier molecular flexibility index (Phi) is 4.35. The molecule has 1 aromatic heterocycles. The molecule has 2 rings (SSSR count). The van der Waals surface area contributed by atoms with Crippen LogP contribution in [0, 0.1) is 0 Å². The minimum absolute atomic E-state index is 0.141. The highest BCUT2D eigenvalue weighted by atomic mass is 16.5. The number of urea groups is 1. The van der Waals surface area contributed by atoms with Gasteiger partial charge >= 0.3 is 12.0 Å². The third-order valence-electron chi connectivity index (χ3n) is 2.58. The summed E-state index contributed by atoms with van der Waals surface area (Å²) >= 11 is 0. The van der Waals surface area contributed by atoms with Gasteiger partial charge in [-0.2, -0.15) is 0 Å². The molecule has 0 spiro atoms. The van der Waals surface area contributed by atoms with Crippen LogP contribution < -0.4 is 15.4 Å². The van der Waals surface area contributed by atoms with Gasteiger partial charge in [-0.25, -0.2) is 14.6 Å². The summed E-state index contributed by atoms with van der Waals surface area (Å²) in [5.74, 6) is -0.476. The van der Waals surface area contributed by atoms with Gasteiger partial charge in [0.2, 0.25) is 0 Å². The van der Waals surface area contributed by atoms with Gasteiger partial charge in [0, 0.05) is 17.6 Å². The zero-order valence-corrected chi connectivity index (χ0v) is 11.2. The van der Waals surface area contributed by atoms with Gasteiger partial charge < -0.3 is 20.5 Å². The van der Waals surface area contributed by atoms with Crippen LogP contribution in [0.4, 0.5) is 16.2 Å². The van der Waals surface area contributed by atoms with Crippen LogP contribution >= 0.6 is 0 Å². The Bertz CT molecular complexity index is 656. The van der Waals surface area contributed by atoms with Crippen LogP contribution in [0.3, 0.4) is 0 Å². The molecule has 0 fully saturated rings. The van der Waals surface area contributed by atoms with Crippen LogP contribution in [0.5, 0.6) is 5.75 Å². The summed E-state index contributed by atoms with van der Waals surface area (Å²) in [7, 11) is 1.55. The number of aromatic nitrogens is 1. The number of carboxylic acids is 1. The smallest absolute Gasteiger partial charge is 0.354 e. The average Bonchev–Trinajstić information content (AvgIpc) is 2.48. The molecule has 2 aromatic rings.